The number of nitrogens with zero attached hydrogens (tertiary/aromatic N) is 1. The van der Waals surface area contributed by atoms with Gasteiger partial charge in [0.2, 0.25) is 0 Å². The second-order valence-corrected chi connectivity index (χ2v) is 7.30. The Kier molecular flexibility index (Phi) is 4.07. The number of likely N-dealkylation sites (tertiary alicyclic amines) is 1. The molecule has 0 unspecified atom stereocenters. The number of rotatable bonds is 5. The molecule has 0 saturated carbocycles. The first-order valence-electron chi connectivity index (χ1n) is 6.59. The van der Waals surface area contributed by atoms with Gasteiger partial charge in [0.15, 0.2) is 9.84 Å². The molecule has 1 saturated heterocycles. The third kappa shape index (κ3) is 2.93. The lowest BCUT2D eigenvalue weighted by molar-refractivity contribution is 0.0898. The predicted molar refractivity (Wildman–Crippen MR) is 73.2 cm³/mol. The van der Waals surface area contributed by atoms with Crippen molar-refractivity contribution in [3.63, 3.8) is 0 Å². The van der Waals surface area contributed by atoms with Crippen LogP contribution < -0.4 is 0 Å². The number of hydrogen-bond acceptors (Lipinski definition) is 3. The van der Waals surface area contributed by atoms with Crippen LogP contribution in [0.1, 0.15) is 25.8 Å². The van der Waals surface area contributed by atoms with Crippen molar-refractivity contribution < 1.29 is 8.42 Å². The van der Waals surface area contributed by atoms with Crippen molar-refractivity contribution in [2.75, 3.05) is 18.8 Å². The monoisotopic (exact) mass is 267 g/mol. The van der Waals surface area contributed by atoms with E-state index in [1.165, 1.54) is 6.42 Å². The summed E-state index contributed by atoms with van der Waals surface area (Å²) in [4.78, 5) is 2.82. The lowest BCUT2D eigenvalue weighted by Gasteiger charge is -2.38. The van der Waals surface area contributed by atoms with Crippen LogP contribution in [0.15, 0.2) is 29.2 Å². The minimum absolute atomic E-state index is 0.165. The summed E-state index contributed by atoms with van der Waals surface area (Å²) in [5.41, 5.74) is 1.10. The second-order valence-electron chi connectivity index (χ2n) is 5.02. The zero-order chi connectivity index (χ0) is 13.2. The molecule has 1 aromatic rings. The van der Waals surface area contributed by atoms with Crippen LogP contribution >= 0.6 is 0 Å². The summed E-state index contributed by atoms with van der Waals surface area (Å²) in [6, 6.07) is 7.36. The molecule has 2 rings (SSSR count). The van der Waals surface area contributed by atoms with Gasteiger partial charge in [-0.2, -0.15) is 0 Å². The molecule has 0 bridgehead atoms. The highest BCUT2D eigenvalue weighted by molar-refractivity contribution is 7.91. The zero-order valence-electron chi connectivity index (χ0n) is 11.1. The Balaban J connectivity index is 2.05. The van der Waals surface area contributed by atoms with Crippen molar-refractivity contribution >= 4 is 9.84 Å². The zero-order valence-corrected chi connectivity index (χ0v) is 11.9. The van der Waals surface area contributed by atoms with Crippen molar-refractivity contribution in [1.29, 1.82) is 0 Å². The van der Waals surface area contributed by atoms with E-state index in [2.05, 4.69) is 11.8 Å². The fraction of sp³-hybridized carbons (Fsp3) is 0.571. The number of hydrogen-bond donors (Lipinski definition) is 0. The van der Waals surface area contributed by atoms with Crippen LogP contribution in [0.3, 0.4) is 0 Å². The van der Waals surface area contributed by atoms with Gasteiger partial charge in [-0.25, -0.2) is 8.42 Å². The Morgan fingerprint density at radius 2 is 2.00 bits per heavy atom. The third-order valence-corrected chi connectivity index (χ3v) is 5.39. The second kappa shape index (κ2) is 5.41. The van der Waals surface area contributed by atoms with Crippen LogP contribution in [0.2, 0.25) is 0 Å². The average Bonchev–Trinajstić information content (AvgIpc) is 2.33. The quantitative estimate of drug-likeness (QED) is 0.821. The molecule has 0 N–H and O–H groups in total. The Hall–Kier alpha value is -0.870. The predicted octanol–water partition coefficient (Wildman–Crippen LogP) is 2.32. The van der Waals surface area contributed by atoms with E-state index in [0.29, 0.717) is 4.90 Å². The minimum atomic E-state index is -3.08. The summed E-state index contributed by atoms with van der Waals surface area (Å²) in [7, 11) is -3.08. The van der Waals surface area contributed by atoms with E-state index in [4.69, 9.17) is 0 Å². The topological polar surface area (TPSA) is 37.4 Å². The molecule has 0 spiro atoms. The van der Waals surface area contributed by atoms with E-state index in [9.17, 15) is 8.42 Å². The number of sulfone groups is 1. The van der Waals surface area contributed by atoms with Gasteiger partial charge in [0, 0.05) is 19.6 Å². The van der Waals surface area contributed by atoms with Crippen molar-refractivity contribution in [3.8, 4) is 0 Å². The van der Waals surface area contributed by atoms with E-state index in [1.54, 1.807) is 13.0 Å². The fourth-order valence-electron chi connectivity index (χ4n) is 2.33. The smallest absolute Gasteiger partial charge is 0.178 e. The van der Waals surface area contributed by atoms with Gasteiger partial charge in [-0.1, -0.05) is 32.4 Å². The Morgan fingerprint density at radius 3 is 2.61 bits per heavy atom. The molecular weight excluding hydrogens is 246 g/mol. The molecular formula is C14H21NO2S. The molecule has 100 valence electrons. The largest absolute Gasteiger partial charge is 0.298 e. The first-order chi connectivity index (χ1) is 8.55. The van der Waals surface area contributed by atoms with Gasteiger partial charge in [-0.3, -0.25) is 4.90 Å². The lowest BCUT2D eigenvalue weighted by Crippen LogP contribution is -2.45. The van der Waals surface area contributed by atoms with Gasteiger partial charge in [-0.05, 0) is 23.6 Å². The Bertz CT molecular complexity index is 504. The van der Waals surface area contributed by atoms with Gasteiger partial charge in [0.05, 0.1) is 10.6 Å². The molecule has 0 aliphatic carbocycles. The molecule has 1 aliphatic heterocycles. The summed E-state index contributed by atoms with van der Waals surface area (Å²) in [5.74, 6) is 0.991. The molecule has 4 heteroatoms. The number of benzene rings is 1. The van der Waals surface area contributed by atoms with Gasteiger partial charge in [0.25, 0.3) is 0 Å². The standard InChI is InChI=1S/C14H21NO2S/c1-3-12-9-15(10-12)11-13-6-5-7-14(8-13)18(16,17)4-2/h5-8,12H,3-4,9-11H2,1-2H3. The van der Waals surface area contributed by atoms with E-state index >= 15 is 0 Å². The maximum atomic E-state index is 11.8. The summed E-state index contributed by atoms with van der Waals surface area (Å²) >= 11 is 0. The lowest BCUT2D eigenvalue weighted by atomic mass is 9.97. The Labute approximate surface area is 110 Å². The van der Waals surface area contributed by atoms with Gasteiger partial charge < -0.3 is 0 Å². The SMILES string of the molecule is CCC1CN(Cc2cccc(S(=O)(=O)CC)c2)C1. The molecule has 18 heavy (non-hydrogen) atoms. The molecule has 1 fully saturated rings. The summed E-state index contributed by atoms with van der Waals surface area (Å²) in [5, 5.41) is 0. The first kappa shape index (κ1) is 13.6. The van der Waals surface area contributed by atoms with E-state index < -0.39 is 9.84 Å². The highest BCUT2D eigenvalue weighted by atomic mass is 32.2. The molecule has 3 nitrogen and oxygen atoms in total. The highest BCUT2D eigenvalue weighted by Gasteiger charge is 2.24. The molecule has 0 aromatic heterocycles. The van der Waals surface area contributed by atoms with Gasteiger partial charge >= 0.3 is 0 Å². The Morgan fingerprint density at radius 1 is 1.28 bits per heavy atom. The van der Waals surface area contributed by atoms with Crippen molar-refractivity contribution in [2.45, 2.75) is 31.7 Å². The maximum absolute atomic E-state index is 11.8. The van der Waals surface area contributed by atoms with E-state index in [-0.39, 0.29) is 5.75 Å². The molecule has 0 atom stereocenters. The summed E-state index contributed by atoms with van der Waals surface area (Å²) in [6.45, 7) is 7.05. The molecule has 1 heterocycles. The van der Waals surface area contributed by atoms with Crippen LogP contribution in [0.5, 0.6) is 0 Å². The summed E-state index contributed by atoms with van der Waals surface area (Å²) < 4.78 is 23.6. The van der Waals surface area contributed by atoms with E-state index in [1.807, 2.05) is 18.2 Å². The molecule has 0 radical (unpaired) electrons. The highest BCUT2D eigenvalue weighted by Crippen LogP contribution is 2.22. The molecule has 0 amide bonds. The maximum Gasteiger partial charge on any atom is 0.178 e. The molecule has 1 aromatic carbocycles. The minimum Gasteiger partial charge on any atom is -0.298 e. The van der Waals surface area contributed by atoms with Crippen LogP contribution in [0.25, 0.3) is 0 Å². The van der Waals surface area contributed by atoms with Crippen molar-refractivity contribution in [1.82, 2.24) is 4.90 Å². The third-order valence-electron chi connectivity index (χ3n) is 3.65. The van der Waals surface area contributed by atoms with Crippen LogP contribution in [-0.4, -0.2) is 32.2 Å². The van der Waals surface area contributed by atoms with Gasteiger partial charge in [-0.15, -0.1) is 0 Å². The van der Waals surface area contributed by atoms with Crippen LogP contribution in [-0.2, 0) is 16.4 Å². The summed E-state index contributed by atoms with van der Waals surface area (Å²) in [6.07, 6.45) is 1.24. The van der Waals surface area contributed by atoms with Crippen LogP contribution in [0.4, 0.5) is 0 Å². The van der Waals surface area contributed by atoms with E-state index in [0.717, 1.165) is 31.1 Å². The molecule has 1 aliphatic rings. The fourth-order valence-corrected chi connectivity index (χ4v) is 3.28. The van der Waals surface area contributed by atoms with Crippen molar-refractivity contribution in [2.24, 2.45) is 5.92 Å². The van der Waals surface area contributed by atoms with Gasteiger partial charge in [0.1, 0.15) is 0 Å². The normalized spacial score (nSPS) is 17.7. The van der Waals surface area contributed by atoms with Crippen molar-refractivity contribution in [3.05, 3.63) is 29.8 Å². The first-order valence-corrected chi connectivity index (χ1v) is 8.24. The average molecular weight is 267 g/mol. The van der Waals surface area contributed by atoms with Crippen LogP contribution in [0, 0.1) is 5.92 Å².